The van der Waals surface area contributed by atoms with Gasteiger partial charge in [0.1, 0.15) is 24.6 Å². The maximum absolute atomic E-state index is 12.4. The average Bonchev–Trinajstić information content (AvgIpc) is 3.09. The van der Waals surface area contributed by atoms with Crippen molar-refractivity contribution in [3.63, 3.8) is 0 Å². The molecule has 2 bridgehead atoms. The lowest BCUT2D eigenvalue weighted by molar-refractivity contribution is 0.368. The molecular weight excluding hydrogens is 298 g/mol. The highest BCUT2D eigenvalue weighted by Crippen LogP contribution is 2.44. The van der Waals surface area contributed by atoms with E-state index < -0.39 is 15.6 Å². The maximum Gasteiger partial charge on any atom is 0.338 e. The van der Waals surface area contributed by atoms with Gasteiger partial charge >= 0.3 is 15.6 Å². The van der Waals surface area contributed by atoms with Gasteiger partial charge in [0, 0.05) is 5.92 Å². The Bertz CT molecular complexity index is 396. The summed E-state index contributed by atoms with van der Waals surface area (Å²) >= 11 is 0. The molecule has 4 heteroatoms. The standard InChI is InChI=1S/C17H30O2P2/c18-20-9-6-14-4-5-15(12-14)13-21(19)11-8-17-3-1-2-16(17)7-10-20/h14-17H,1-13H2/q+2. The molecule has 0 radical (unpaired) electrons. The molecule has 21 heavy (non-hydrogen) atoms. The van der Waals surface area contributed by atoms with Gasteiger partial charge in [-0.05, 0) is 56.3 Å². The summed E-state index contributed by atoms with van der Waals surface area (Å²) in [5, 5.41) is 0. The Morgan fingerprint density at radius 2 is 1.24 bits per heavy atom. The lowest BCUT2D eigenvalue weighted by Gasteiger charge is -2.16. The van der Waals surface area contributed by atoms with Crippen molar-refractivity contribution in [2.75, 3.05) is 24.6 Å². The molecule has 2 aliphatic carbocycles. The lowest BCUT2D eigenvalue weighted by atomic mass is 9.91. The predicted molar refractivity (Wildman–Crippen MR) is 90.2 cm³/mol. The summed E-state index contributed by atoms with van der Waals surface area (Å²) in [6.07, 6.45) is 15.2. The van der Waals surface area contributed by atoms with Crippen LogP contribution in [0, 0.1) is 23.7 Å². The molecule has 3 fully saturated rings. The molecule has 1 saturated heterocycles. The van der Waals surface area contributed by atoms with Crippen LogP contribution in [0.25, 0.3) is 0 Å². The van der Waals surface area contributed by atoms with Crippen LogP contribution in [0.3, 0.4) is 0 Å². The largest absolute Gasteiger partial charge is 0.338 e. The minimum Gasteiger partial charge on any atom is -0.0748 e. The topological polar surface area (TPSA) is 34.1 Å². The van der Waals surface area contributed by atoms with Crippen molar-refractivity contribution < 1.29 is 9.13 Å². The number of hydrogen-bond donors (Lipinski definition) is 0. The van der Waals surface area contributed by atoms with Gasteiger partial charge in [-0.2, -0.15) is 0 Å². The van der Waals surface area contributed by atoms with Crippen LogP contribution in [0.2, 0.25) is 0 Å². The van der Waals surface area contributed by atoms with Gasteiger partial charge in [0.05, 0.1) is 0 Å². The molecule has 0 aromatic rings. The third kappa shape index (κ3) is 4.59. The smallest absolute Gasteiger partial charge is 0.0748 e. The van der Waals surface area contributed by atoms with Crippen LogP contribution in [-0.4, -0.2) is 24.6 Å². The van der Waals surface area contributed by atoms with Crippen LogP contribution >= 0.6 is 15.6 Å². The Hall–Kier alpha value is 0.200. The molecule has 0 aromatic carbocycles. The quantitative estimate of drug-likeness (QED) is 0.538. The van der Waals surface area contributed by atoms with Crippen LogP contribution in [0.4, 0.5) is 0 Å². The maximum atomic E-state index is 12.4. The molecule has 2 nitrogen and oxygen atoms in total. The zero-order chi connectivity index (χ0) is 14.7. The Balaban J connectivity index is 1.61. The van der Waals surface area contributed by atoms with E-state index in [4.69, 9.17) is 0 Å². The van der Waals surface area contributed by atoms with Crippen molar-refractivity contribution in [3.05, 3.63) is 0 Å². The van der Waals surface area contributed by atoms with Gasteiger partial charge < -0.3 is 0 Å². The van der Waals surface area contributed by atoms with E-state index in [9.17, 15) is 9.13 Å². The minimum absolute atomic E-state index is 0.707. The first kappa shape index (κ1) is 16.1. The van der Waals surface area contributed by atoms with Crippen LogP contribution in [-0.2, 0) is 9.13 Å². The first-order valence-electron chi connectivity index (χ1n) is 9.05. The predicted octanol–water partition coefficient (Wildman–Crippen LogP) is 5.66. The van der Waals surface area contributed by atoms with Crippen molar-refractivity contribution in [2.45, 2.75) is 57.8 Å². The Kier molecular flexibility index (Phi) is 5.85. The van der Waals surface area contributed by atoms with Gasteiger partial charge in [-0.1, -0.05) is 28.4 Å². The number of fused-ring (bicyclic) bond motifs is 3. The van der Waals surface area contributed by atoms with Crippen LogP contribution < -0.4 is 0 Å². The highest BCUT2D eigenvalue weighted by atomic mass is 31.1. The molecule has 0 aromatic heterocycles. The van der Waals surface area contributed by atoms with Crippen molar-refractivity contribution in [3.8, 4) is 0 Å². The van der Waals surface area contributed by atoms with Gasteiger partial charge in [0.15, 0.2) is 0 Å². The Morgan fingerprint density at radius 1 is 0.619 bits per heavy atom. The van der Waals surface area contributed by atoms with Gasteiger partial charge in [0.25, 0.3) is 0 Å². The summed E-state index contributed by atoms with van der Waals surface area (Å²) in [5.41, 5.74) is 0. The first-order chi connectivity index (χ1) is 10.2. The van der Waals surface area contributed by atoms with Gasteiger partial charge in [-0.25, -0.2) is 0 Å². The number of rotatable bonds is 0. The van der Waals surface area contributed by atoms with Gasteiger partial charge in [-0.15, -0.1) is 0 Å². The van der Waals surface area contributed by atoms with E-state index >= 15 is 0 Å². The number of hydrogen-bond acceptors (Lipinski definition) is 2. The molecule has 118 valence electrons. The van der Waals surface area contributed by atoms with Crippen LogP contribution in [0.15, 0.2) is 0 Å². The summed E-state index contributed by atoms with van der Waals surface area (Å²) < 4.78 is 24.7. The van der Waals surface area contributed by atoms with Crippen molar-refractivity contribution >= 4 is 15.6 Å². The van der Waals surface area contributed by atoms with E-state index in [1.165, 1.54) is 51.4 Å². The molecule has 1 heterocycles. The third-order valence-electron chi connectivity index (χ3n) is 6.21. The summed E-state index contributed by atoms with van der Waals surface area (Å²) in [5.74, 6) is 3.05. The lowest BCUT2D eigenvalue weighted by Crippen LogP contribution is -2.11. The molecule has 0 amide bonds. The zero-order valence-electron chi connectivity index (χ0n) is 13.2. The Morgan fingerprint density at radius 3 is 2.00 bits per heavy atom. The fourth-order valence-electron chi connectivity index (χ4n) is 4.92. The van der Waals surface area contributed by atoms with E-state index in [0.29, 0.717) is 5.92 Å². The molecule has 0 spiro atoms. The molecule has 0 N–H and O–H groups in total. The highest BCUT2D eigenvalue weighted by molar-refractivity contribution is 7.44. The molecule has 6 unspecified atom stereocenters. The van der Waals surface area contributed by atoms with E-state index in [1.807, 2.05) is 0 Å². The van der Waals surface area contributed by atoms with Crippen molar-refractivity contribution in [2.24, 2.45) is 23.7 Å². The van der Waals surface area contributed by atoms with Gasteiger partial charge in [-0.3, -0.25) is 0 Å². The molecule has 6 atom stereocenters. The second-order valence-electron chi connectivity index (χ2n) is 7.68. The summed E-state index contributed by atoms with van der Waals surface area (Å²) in [7, 11) is -1.91. The molecular formula is C17H30O2P2+2. The molecule has 2 saturated carbocycles. The van der Waals surface area contributed by atoms with E-state index in [-0.39, 0.29) is 0 Å². The molecule has 3 aliphatic rings. The van der Waals surface area contributed by atoms with Crippen molar-refractivity contribution in [1.82, 2.24) is 0 Å². The second kappa shape index (κ2) is 7.65. The van der Waals surface area contributed by atoms with E-state index in [0.717, 1.165) is 48.8 Å². The second-order valence-corrected chi connectivity index (χ2v) is 11.3. The molecule has 1 aliphatic heterocycles. The first-order valence-corrected chi connectivity index (χ1v) is 12.3. The van der Waals surface area contributed by atoms with Crippen LogP contribution in [0.1, 0.15) is 57.8 Å². The Labute approximate surface area is 131 Å². The van der Waals surface area contributed by atoms with Crippen molar-refractivity contribution in [1.29, 1.82) is 0 Å². The summed E-state index contributed by atoms with van der Waals surface area (Å²) in [6, 6.07) is 0. The van der Waals surface area contributed by atoms with E-state index in [1.54, 1.807) is 0 Å². The third-order valence-corrected chi connectivity index (χ3v) is 9.41. The normalized spacial score (nSPS) is 42.5. The average molecular weight is 328 g/mol. The SMILES string of the molecule is O=[P+]1CCC2CCC(C2)C[P+](=O)CCC2CCCC2CC1. The fourth-order valence-corrected chi connectivity index (χ4v) is 8.12. The minimum atomic E-state index is -0.959. The highest BCUT2D eigenvalue weighted by Gasteiger charge is 2.35. The summed E-state index contributed by atoms with van der Waals surface area (Å²) in [6.45, 7) is 0. The van der Waals surface area contributed by atoms with E-state index in [2.05, 4.69) is 0 Å². The zero-order valence-corrected chi connectivity index (χ0v) is 15.0. The monoisotopic (exact) mass is 328 g/mol. The molecule has 3 rings (SSSR count). The fraction of sp³-hybridized carbons (Fsp3) is 1.00. The summed E-state index contributed by atoms with van der Waals surface area (Å²) in [4.78, 5) is 0. The van der Waals surface area contributed by atoms with Gasteiger partial charge in [0.2, 0.25) is 0 Å². The van der Waals surface area contributed by atoms with Crippen LogP contribution in [0.5, 0.6) is 0 Å².